The van der Waals surface area contributed by atoms with Crippen LogP contribution >= 0.6 is 0 Å². The molecule has 5 nitrogen and oxygen atoms in total. The summed E-state index contributed by atoms with van der Waals surface area (Å²) in [7, 11) is 0. The van der Waals surface area contributed by atoms with Gasteiger partial charge in [-0.3, -0.25) is 20.2 Å². The normalized spacial score (nSPS) is 16.6. The Kier molecular flexibility index (Phi) is 5.48. The molecular weight excluding hydrogens is 244 g/mol. The summed E-state index contributed by atoms with van der Waals surface area (Å²) in [6.45, 7) is 6.26. The molecular formula is C14H20N2O3. The second-order valence-corrected chi connectivity index (χ2v) is 5.01. The molecule has 0 saturated carbocycles. The summed E-state index contributed by atoms with van der Waals surface area (Å²) in [5, 5.41) is 4.10. The molecule has 104 valence electrons. The largest absolute Gasteiger partial charge is 0.328 e. The summed E-state index contributed by atoms with van der Waals surface area (Å²) < 4.78 is 0. The van der Waals surface area contributed by atoms with Crippen LogP contribution in [0.15, 0.2) is 23.3 Å². The number of rotatable bonds is 5. The van der Waals surface area contributed by atoms with E-state index in [0.29, 0.717) is 12.3 Å². The number of urea groups is 1. The SMILES string of the molecule is CC(C)=C[C@H](C)CCCC=C1C(=O)NC(=O)NC1=O. The lowest BCUT2D eigenvalue weighted by atomic mass is 10.0. The third kappa shape index (κ3) is 5.07. The van der Waals surface area contributed by atoms with Crippen LogP contribution in [0.25, 0.3) is 0 Å². The van der Waals surface area contributed by atoms with Crippen molar-refractivity contribution in [3.05, 3.63) is 23.3 Å². The van der Waals surface area contributed by atoms with Gasteiger partial charge in [0.25, 0.3) is 11.8 Å². The molecule has 1 rings (SSSR count). The molecule has 0 spiro atoms. The zero-order valence-electron chi connectivity index (χ0n) is 11.6. The van der Waals surface area contributed by atoms with Gasteiger partial charge < -0.3 is 0 Å². The summed E-state index contributed by atoms with van der Waals surface area (Å²) in [5.74, 6) is -0.754. The van der Waals surface area contributed by atoms with Crippen molar-refractivity contribution in [2.75, 3.05) is 0 Å². The fourth-order valence-corrected chi connectivity index (χ4v) is 2.00. The van der Waals surface area contributed by atoms with E-state index in [1.165, 1.54) is 5.57 Å². The molecule has 0 bridgehead atoms. The number of allylic oxidation sites excluding steroid dienone is 3. The molecule has 4 amide bonds. The number of hydrogen-bond donors (Lipinski definition) is 2. The van der Waals surface area contributed by atoms with Gasteiger partial charge in [0.2, 0.25) is 0 Å². The molecule has 0 aromatic carbocycles. The molecule has 1 aliphatic rings. The first-order valence-electron chi connectivity index (χ1n) is 6.42. The van der Waals surface area contributed by atoms with Gasteiger partial charge in [0.15, 0.2) is 0 Å². The average molecular weight is 264 g/mol. The molecule has 0 aliphatic carbocycles. The van der Waals surface area contributed by atoms with Crippen molar-refractivity contribution in [3.8, 4) is 0 Å². The van der Waals surface area contributed by atoms with Crippen molar-refractivity contribution in [2.45, 2.75) is 40.0 Å². The predicted molar refractivity (Wildman–Crippen MR) is 72.2 cm³/mol. The molecule has 0 radical (unpaired) electrons. The van der Waals surface area contributed by atoms with Crippen LogP contribution in [0.3, 0.4) is 0 Å². The lowest BCUT2D eigenvalue weighted by molar-refractivity contribution is -0.124. The Morgan fingerprint density at radius 1 is 1.16 bits per heavy atom. The number of imide groups is 2. The fraction of sp³-hybridized carbons (Fsp3) is 0.500. The zero-order valence-corrected chi connectivity index (χ0v) is 11.6. The van der Waals surface area contributed by atoms with Gasteiger partial charge >= 0.3 is 6.03 Å². The molecule has 0 aromatic heterocycles. The minimum absolute atomic E-state index is 0.0227. The number of carbonyl (C=O) groups excluding carboxylic acids is 3. The lowest BCUT2D eigenvalue weighted by Gasteiger charge is -2.14. The molecule has 1 saturated heterocycles. The molecule has 1 heterocycles. The van der Waals surface area contributed by atoms with Crippen molar-refractivity contribution in [2.24, 2.45) is 5.92 Å². The van der Waals surface area contributed by atoms with Crippen molar-refractivity contribution < 1.29 is 14.4 Å². The highest BCUT2D eigenvalue weighted by Gasteiger charge is 2.27. The third-order valence-corrected chi connectivity index (χ3v) is 2.77. The first kappa shape index (κ1) is 15.1. The molecule has 1 fully saturated rings. The van der Waals surface area contributed by atoms with Crippen molar-refractivity contribution >= 4 is 17.8 Å². The molecule has 1 atom stereocenters. The lowest BCUT2D eigenvalue weighted by Crippen LogP contribution is -2.51. The first-order chi connectivity index (χ1) is 8.90. The third-order valence-electron chi connectivity index (χ3n) is 2.77. The van der Waals surface area contributed by atoms with Crippen LogP contribution in [-0.2, 0) is 9.59 Å². The highest BCUT2D eigenvalue weighted by atomic mass is 16.2. The Hall–Kier alpha value is -1.91. The van der Waals surface area contributed by atoms with Crippen LogP contribution in [0.1, 0.15) is 40.0 Å². The minimum atomic E-state index is -0.760. The van der Waals surface area contributed by atoms with Crippen LogP contribution in [0.4, 0.5) is 4.79 Å². The Balaban J connectivity index is 2.44. The number of nitrogens with one attached hydrogen (secondary N) is 2. The van der Waals surface area contributed by atoms with Gasteiger partial charge in [-0.2, -0.15) is 0 Å². The van der Waals surface area contributed by atoms with E-state index >= 15 is 0 Å². The minimum Gasteiger partial charge on any atom is -0.273 e. The van der Waals surface area contributed by atoms with E-state index in [-0.39, 0.29) is 5.57 Å². The van der Waals surface area contributed by atoms with E-state index in [9.17, 15) is 14.4 Å². The maximum Gasteiger partial charge on any atom is 0.328 e. The van der Waals surface area contributed by atoms with E-state index in [2.05, 4.69) is 26.8 Å². The van der Waals surface area contributed by atoms with Gasteiger partial charge in [-0.15, -0.1) is 0 Å². The molecule has 1 aliphatic heterocycles. The summed E-state index contributed by atoms with van der Waals surface area (Å²) in [4.78, 5) is 33.7. The molecule has 5 heteroatoms. The zero-order chi connectivity index (χ0) is 14.4. The average Bonchev–Trinajstić information content (AvgIpc) is 2.25. The standard InChI is InChI=1S/C14H20N2O3/c1-9(2)8-10(3)6-4-5-7-11-12(17)15-14(19)16-13(11)18/h7-8,10H,4-6H2,1-3H3,(H2,15,16,17,18,19)/t10-/m1/s1. The number of unbranched alkanes of at least 4 members (excludes halogenated alkanes) is 1. The van der Waals surface area contributed by atoms with E-state index in [0.717, 1.165) is 12.8 Å². The number of amides is 4. The van der Waals surface area contributed by atoms with Crippen molar-refractivity contribution in [1.29, 1.82) is 0 Å². The van der Waals surface area contributed by atoms with Crippen LogP contribution in [0.5, 0.6) is 0 Å². The summed E-state index contributed by atoms with van der Waals surface area (Å²) in [5.41, 5.74) is 1.31. The summed E-state index contributed by atoms with van der Waals surface area (Å²) >= 11 is 0. The van der Waals surface area contributed by atoms with E-state index in [1.54, 1.807) is 6.08 Å². The second kappa shape index (κ2) is 6.87. The molecule has 2 N–H and O–H groups in total. The van der Waals surface area contributed by atoms with Crippen LogP contribution in [-0.4, -0.2) is 17.8 Å². The smallest absolute Gasteiger partial charge is 0.273 e. The predicted octanol–water partition coefficient (Wildman–Crippen LogP) is 2.05. The molecule has 0 aromatic rings. The van der Waals surface area contributed by atoms with Crippen molar-refractivity contribution in [3.63, 3.8) is 0 Å². The van der Waals surface area contributed by atoms with E-state index < -0.39 is 17.8 Å². The van der Waals surface area contributed by atoms with Crippen LogP contribution in [0.2, 0.25) is 0 Å². The molecule has 0 unspecified atom stereocenters. The Labute approximate surface area is 113 Å². The second-order valence-electron chi connectivity index (χ2n) is 5.01. The van der Waals surface area contributed by atoms with Crippen LogP contribution in [0, 0.1) is 5.92 Å². The van der Waals surface area contributed by atoms with Gasteiger partial charge in [0.1, 0.15) is 5.57 Å². The fourth-order valence-electron chi connectivity index (χ4n) is 2.00. The topological polar surface area (TPSA) is 75.3 Å². The highest BCUT2D eigenvalue weighted by Crippen LogP contribution is 2.13. The monoisotopic (exact) mass is 264 g/mol. The maximum absolute atomic E-state index is 11.4. The van der Waals surface area contributed by atoms with Gasteiger partial charge in [-0.25, -0.2) is 4.79 Å². The number of hydrogen-bond acceptors (Lipinski definition) is 3. The van der Waals surface area contributed by atoms with Gasteiger partial charge in [0, 0.05) is 0 Å². The van der Waals surface area contributed by atoms with Crippen molar-refractivity contribution in [1.82, 2.24) is 10.6 Å². The van der Waals surface area contributed by atoms with E-state index in [1.807, 2.05) is 10.6 Å². The summed E-state index contributed by atoms with van der Waals surface area (Å²) in [6, 6.07) is -0.760. The Bertz CT molecular complexity index is 424. The number of barbiturate groups is 1. The molecule has 19 heavy (non-hydrogen) atoms. The number of carbonyl (C=O) groups is 3. The Morgan fingerprint density at radius 2 is 1.74 bits per heavy atom. The van der Waals surface area contributed by atoms with Gasteiger partial charge in [-0.05, 0) is 39.0 Å². The quantitative estimate of drug-likeness (QED) is 0.345. The summed E-state index contributed by atoms with van der Waals surface area (Å²) in [6.07, 6.45) is 6.32. The van der Waals surface area contributed by atoms with Gasteiger partial charge in [-0.1, -0.05) is 24.6 Å². The van der Waals surface area contributed by atoms with Crippen LogP contribution < -0.4 is 10.6 Å². The Morgan fingerprint density at radius 3 is 2.26 bits per heavy atom. The van der Waals surface area contributed by atoms with E-state index in [4.69, 9.17) is 0 Å². The first-order valence-corrected chi connectivity index (χ1v) is 6.42. The highest BCUT2D eigenvalue weighted by molar-refractivity contribution is 6.28. The van der Waals surface area contributed by atoms with Gasteiger partial charge in [0.05, 0.1) is 0 Å². The maximum atomic E-state index is 11.4.